The van der Waals surface area contributed by atoms with Crippen molar-refractivity contribution in [1.29, 1.82) is 0 Å². The average molecular weight is 346 g/mol. The lowest BCUT2D eigenvalue weighted by Gasteiger charge is -2.11. The van der Waals surface area contributed by atoms with Crippen LogP contribution in [0.5, 0.6) is 5.75 Å². The molecule has 0 N–H and O–H groups in total. The third-order valence-electron chi connectivity index (χ3n) is 2.58. The minimum Gasteiger partial charge on any atom is -0.465 e. The zero-order valence-electron chi connectivity index (χ0n) is 11.3. The van der Waals surface area contributed by atoms with Gasteiger partial charge >= 0.3 is 15.6 Å². The molecule has 2 aromatic rings. The van der Waals surface area contributed by atoms with Gasteiger partial charge in [-0.05, 0) is 36.4 Å². The molecule has 0 fully saturated rings. The summed E-state index contributed by atoms with van der Waals surface area (Å²) >= 11 is 0. The fourth-order valence-corrected chi connectivity index (χ4v) is 2.02. The summed E-state index contributed by atoms with van der Waals surface area (Å²) in [7, 11) is -5.86. The fraction of sp³-hybridized carbons (Fsp3) is 0.0714. The zero-order valence-corrected chi connectivity index (χ0v) is 12.1. The lowest BCUT2D eigenvalue weighted by molar-refractivity contribution is -0.0500. The Morgan fingerprint density at radius 3 is 2.43 bits per heavy atom. The maximum Gasteiger partial charge on any atom is 0.534 e. The second-order valence-electron chi connectivity index (χ2n) is 4.19. The van der Waals surface area contributed by atoms with E-state index in [0.29, 0.717) is 5.76 Å². The number of rotatable bonds is 5. The number of ketones is 1. The molecule has 2 rings (SSSR count). The minimum absolute atomic E-state index is 0.330. The second kappa shape index (κ2) is 6.29. The van der Waals surface area contributed by atoms with Gasteiger partial charge in [0.1, 0.15) is 5.76 Å². The number of halogens is 3. The Morgan fingerprint density at radius 2 is 1.83 bits per heavy atom. The van der Waals surface area contributed by atoms with Gasteiger partial charge in [0.2, 0.25) is 0 Å². The summed E-state index contributed by atoms with van der Waals surface area (Å²) in [5, 5.41) is 0. The number of carbonyl (C=O) groups excluding carboxylic acids is 1. The maximum atomic E-state index is 12.4. The number of alkyl halides is 3. The van der Waals surface area contributed by atoms with Crippen LogP contribution in [0.4, 0.5) is 13.2 Å². The van der Waals surface area contributed by atoms with Gasteiger partial charge in [-0.2, -0.15) is 21.6 Å². The summed E-state index contributed by atoms with van der Waals surface area (Å²) in [4.78, 5) is 12.0. The van der Waals surface area contributed by atoms with Crippen molar-refractivity contribution < 1.29 is 35.0 Å². The summed E-state index contributed by atoms with van der Waals surface area (Å²) in [6.07, 6.45) is 3.69. The Bertz CT molecular complexity index is 820. The highest BCUT2D eigenvalue weighted by atomic mass is 32.2. The Kier molecular flexibility index (Phi) is 4.60. The molecule has 1 aromatic carbocycles. The average Bonchev–Trinajstić information content (AvgIpc) is 2.97. The molecule has 0 atom stereocenters. The molecule has 1 aromatic heterocycles. The van der Waals surface area contributed by atoms with Crippen molar-refractivity contribution >= 4 is 22.0 Å². The van der Waals surface area contributed by atoms with Gasteiger partial charge < -0.3 is 8.60 Å². The van der Waals surface area contributed by atoms with Crippen molar-refractivity contribution in [2.45, 2.75) is 5.51 Å². The predicted molar refractivity (Wildman–Crippen MR) is 74.1 cm³/mol. The normalized spacial score (nSPS) is 12.5. The summed E-state index contributed by atoms with van der Waals surface area (Å²) in [6.45, 7) is 0. The molecular weight excluding hydrogens is 337 g/mol. The lowest BCUT2D eigenvalue weighted by atomic mass is 10.1. The first-order chi connectivity index (χ1) is 10.7. The molecular formula is C14H9F3O5S. The highest BCUT2D eigenvalue weighted by molar-refractivity contribution is 7.88. The van der Waals surface area contributed by atoms with Crippen LogP contribution in [0.25, 0.3) is 6.08 Å². The van der Waals surface area contributed by atoms with E-state index in [4.69, 9.17) is 4.42 Å². The highest BCUT2D eigenvalue weighted by Crippen LogP contribution is 2.29. The van der Waals surface area contributed by atoms with Crippen LogP contribution in [0.3, 0.4) is 0 Å². The number of hydrogen-bond donors (Lipinski definition) is 0. The van der Waals surface area contributed by atoms with E-state index in [2.05, 4.69) is 4.18 Å². The van der Waals surface area contributed by atoms with Gasteiger partial charge in [0, 0.05) is 0 Å². The number of para-hydroxylation sites is 1. The van der Waals surface area contributed by atoms with Gasteiger partial charge in [-0.1, -0.05) is 12.1 Å². The van der Waals surface area contributed by atoms with Crippen LogP contribution >= 0.6 is 0 Å². The summed E-state index contributed by atoms with van der Waals surface area (Å²) in [5.74, 6) is -1.10. The quantitative estimate of drug-likeness (QED) is 0.359. The molecule has 0 bridgehead atoms. The zero-order chi connectivity index (χ0) is 17.1. The molecule has 122 valence electrons. The first-order valence-electron chi connectivity index (χ1n) is 6.06. The molecule has 9 heteroatoms. The van der Waals surface area contributed by atoms with Crippen LogP contribution in [-0.4, -0.2) is 19.7 Å². The van der Waals surface area contributed by atoms with E-state index < -0.39 is 27.2 Å². The van der Waals surface area contributed by atoms with Gasteiger partial charge in [-0.15, -0.1) is 0 Å². The monoisotopic (exact) mass is 346 g/mol. The van der Waals surface area contributed by atoms with E-state index in [-0.39, 0.29) is 5.56 Å². The van der Waals surface area contributed by atoms with E-state index >= 15 is 0 Å². The van der Waals surface area contributed by atoms with Gasteiger partial charge in [0.05, 0.1) is 11.8 Å². The second-order valence-corrected chi connectivity index (χ2v) is 5.73. The topological polar surface area (TPSA) is 73.6 Å². The Labute approximate surface area is 129 Å². The smallest absolute Gasteiger partial charge is 0.465 e. The number of carbonyl (C=O) groups is 1. The Morgan fingerprint density at radius 1 is 1.13 bits per heavy atom. The summed E-state index contributed by atoms with van der Waals surface area (Å²) in [5.41, 5.74) is -5.92. The molecule has 5 nitrogen and oxygen atoms in total. The molecule has 0 radical (unpaired) electrons. The molecule has 0 spiro atoms. The molecule has 23 heavy (non-hydrogen) atoms. The van der Waals surface area contributed by atoms with E-state index in [1.54, 1.807) is 12.1 Å². The third-order valence-corrected chi connectivity index (χ3v) is 3.54. The fourth-order valence-electron chi connectivity index (χ4n) is 1.54. The predicted octanol–water partition coefficient (Wildman–Crippen LogP) is 3.40. The van der Waals surface area contributed by atoms with Crippen LogP contribution < -0.4 is 4.18 Å². The van der Waals surface area contributed by atoms with E-state index in [1.807, 2.05) is 0 Å². The van der Waals surface area contributed by atoms with Crippen molar-refractivity contribution in [3.63, 3.8) is 0 Å². The van der Waals surface area contributed by atoms with E-state index in [9.17, 15) is 26.4 Å². The van der Waals surface area contributed by atoms with Crippen molar-refractivity contribution in [3.8, 4) is 5.75 Å². The number of benzene rings is 1. The maximum absolute atomic E-state index is 12.4. The summed E-state index contributed by atoms with van der Waals surface area (Å²) in [6, 6.07) is 7.85. The van der Waals surface area contributed by atoms with Crippen LogP contribution in [0.2, 0.25) is 0 Å². The van der Waals surface area contributed by atoms with Gasteiger partial charge in [0.25, 0.3) is 0 Å². The lowest BCUT2D eigenvalue weighted by Crippen LogP contribution is -2.28. The van der Waals surface area contributed by atoms with Crippen LogP contribution in [-0.2, 0) is 10.1 Å². The van der Waals surface area contributed by atoms with Crippen molar-refractivity contribution in [1.82, 2.24) is 0 Å². The standard InChI is InChI=1S/C14H9F3O5S/c15-14(16,17)23(19,20)22-13-6-2-1-5-11(13)12(18)8-7-10-4-3-9-21-10/h1-9H/b8-7+. The molecule has 0 aliphatic rings. The highest BCUT2D eigenvalue weighted by Gasteiger charge is 2.48. The number of furan rings is 1. The molecule has 0 aliphatic heterocycles. The molecule has 0 saturated carbocycles. The number of allylic oxidation sites excluding steroid dienone is 1. The van der Waals surface area contributed by atoms with Gasteiger partial charge in [0.15, 0.2) is 11.5 Å². The molecule has 0 aliphatic carbocycles. The number of hydrogen-bond acceptors (Lipinski definition) is 5. The molecule has 0 amide bonds. The van der Waals surface area contributed by atoms with Crippen molar-refractivity contribution in [3.05, 3.63) is 60.1 Å². The Hall–Kier alpha value is -2.55. The van der Waals surface area contributed by atoms with Crippen LogP contribution in [0.15, 0.2) is 53.2 Å². The van der Waals surface area contributed by atoms with E-state index in [0.717, 1.165) is 18.2 Å². The van der Waals surface area contributed by atoms with Gasteiger partial charge in [-0.3, -0.25) is 4.79 Å². The molecule has 0 unspecified atom stereocenters. The van der Waals surface area contributed by atoms with E-state index in [1.165, 1.54) is 24.5 Å². The van der Waals surface area contributed by atoms with Crippen molar-refractivity contribution in [2.24, 2.45) is 0 Å². The summed E-state index contributed by atoms with van der Waals surface area (Å²) < 4.78 is 68.2. The van der Waals surface area contributed by atoms with Crippen LogP contribution in [0, 0.1) is 0 Å². The largest absolute Gasteiger partial charge is 0.534 e. The van der Waals surface area contributed by atoms with Crippen molar-refractivity contribution in [2.75, 3.05) is 0 Å². The first kappa shape index (κ1) is 16.8. The first-order valence-corrected chi connectivity index (χ1v) is 7.47. The third kappa shape index (κ3) is 4.01. The minimum atomic E-state index is -5.86. The Balaban J connectivity index is 2.29. The SMILES string of the molecule is O=C(/C=C/c1ccco1)c1ccccc1OS(=O)(=O)C(F)(F)F. The molecule has 0 saturated heterocycles. The van der Waals surface area contributed by atoms with Gasteiger partial charge in [-0.25, -0.2) is 0 Å². The molecule has 1 heterocycles. The van der Waals surface area contributed by atoms with Crippen LogP contribution in [0.1, 0.15) is 16.1 Å².